The van der Waals surface area contributed by atoms with Crippen LogP contribution in [0.5, 0.6) is 0 Å². The molecule has 6 N–H and O–H groups in total. The van der Waals surface area contributed by atoms with E-state index in [4.69, 9.17) is 33.7 Å². The van der Waals surface area contributed by atoms with Crippen LogP contribution in [0, 0.1) is 0 Å². The fourth-order valence-corrected chi connectivity index (χ4v) is 9.49. The molecule has 0 amide bonds. The van der Waals surface area contributed by atoms with Crippen molar-refractivity contribution in [3.05, 3.63) is 83.5 Å². The molecular weight excluding hydrogens is 961 g/mol. The van der Waals surface area contributed by atoms with E-state index in [9.17, 15) is 43.5 Å². The third kappa shape index (κ3) is 27.9. The molecule has 0 spiro atoms. The van der Waals surface area contributed by atoms with Crippen molar-refractivity contribution in [3.63, 3.8) is 0 Å². The van der Waals surface area contributed by atoms with Crippen molar-refractivity contribution in [2.24, 2.45) is 0 Å². The lowest BCUT2D eigenvalue weighted by Crippen LogP contribution is -2.36. The number of phosphoric acid groups is 2. The van der Waals surface area contributed by atoms with Crippen LogP contribution in [0.1, 0.15) is 161 Å². The molecule has 2 aliphatic heterocycles. The molecule has 2 saturated heterocycles. The van der Waals surface area contributed by atoms with E-state index in [1.807, 2.05) is 12.2 Å². The SMILES string of the molecule is CCCCC/C=C\C/C=C\CCCCCCCC(=O)OC[C@H](COP(=O)(O)OP(=O)(O)OC[C@H]1O[C@@H](n2ccc(N)nc2=O)[C@H](O)[C@@H]1O)OC(=O)CCC/C=C\CC1OC1C/C=C\C/C=C\CCCCC. The molecule has 3 rings (SSSR count). The molecular formula is C50H81N3O16P2. The second-order valence-corrected chi connectivity index (χ2v) is 20.7. The fraction of sp³-hybridized carbons (Fsp3) is 0.680. The minimum Gasteiger partial charge on any atom is -0.462 e. The quantitative estimate of drug-likeness (QED) is 0.0135. The lowest BCUT2D eigenvalue weighted by molar-refractivity contribution is -0.161. The summed E-state index contributed by atoms with van der Waals surface area (Å²) in [6, 6.07) is 1.24. The molecule has 2 fully saturated rings. The number of carbonyl (C=O) groups excluding carboxylic acids is 2. The van der Waals surface area contributed by atoms with E-state index in [0.29, 0.717) is 19.3 Å². The van der Waals surface area contributed by atoms with E-state index in [2.05, 4.69) is 71.8 Å². The Kier molecular flexibility index (Phi) is 30.9. The molecule has 2 aliphatic rings. The van der Waals surface area contributed by atoms with E-state index in [1.165, 1.54) is 44.6 Å². The number of esters is 2. The smallest absolute Gasteiger partial charge is 0.462 e. The Morgan fingerprint density at radius 2 is 1.23 bits per heavy atom. The van der Waals surface area contributed by atoms with Gasteiger partial charge in [-0.1, -0.05) is 120 Å². The van der Waals surface area contributed by atoms with Crippen LogP contribution >= 0.6 is 15.6 Å². The summed E-state index contributed by atoms with van der Waals surface area (Å²) >= 11 is 0. The summed E-state index contributed by atoms with van der Waals surface area (Å²) in [7, 11) is -10.9. The molecule has 402 valence electrons. The number of aliphatic hydroxyl groups is 2. The summed E-state index contributed by atoms with van der Waals surface area (Å²) < 4.78 is 62.5. The van der Waals surface area contributed by atoms with Gasteiger partial charge in [0, 0.05) is 19.0 Å². The number of aliphatic hydroxyl groups excluding tert-OH is 2. The van der Waals surface area contributed by atoms with Crippen molar-refractivity contribution in [3.8, 4) is 0 Å². The third-order valence-corrected chi connectivity index (χ3v) is 14.1. The number of aromatic nitrogens is 2. The van der Waals surface area contributed by atoms with Gasteiger partial charge in [-0.25, -0.2) is 13.9 Å². The summed E-state index contributed by atoms with van der Waals surface area (Å²) in [5, 5.41) is 20.9. The first kappa shape index (κ1) is 61.7. The predicted molar refractivity (Wildman–Crippen MR) is 270 cm³/mol. The number of phosphoric ester groups is 2. The number of nitrogen functional groups attached to an aromatic ring is 1. The van der Waals surface area contributed by atoms with Crippen molar-refractivity contribution >= 4 is 33.4 Å². The number of carbonyl (C=O) groups is 2. The molecule has 1 aromatic rings. The number of hydrogen-bond donors (Lipinski definition) is 5. The van der Waals surface area contributed by atoms with Gasteiger partial charge in [-0.3, -0.25) is 23.2 Å². The van der Waals surface area contributed by atoms with Crippen molar-refractivity contribution in [1.29, 1.82) is 0 Å². The van der Waals surface area contributed by atoms with Crippen LogP contribution in [-0.4, -0.2) is 97.9 Å². The molecule has 1 aromatic heterocycles. The summed E-state index contributed by atoms with van der Waals surface area (Å²) in [5.41, 5.74) is 4.58. The lowest BCUT2D eigenvalue weighted by Gasteiger charge is -2.21. The molecule has 21 heteroatoms. The number of unbranched alkanes of at least 4 members (excludes halogenated alkanes) is 12. The largest absolute Gasteiger partial charge is 0.481 e. The van der Waals surface area contributed by atoms with E-state index >= 15 is 0 Å². The highest BCUT2D eigenvalue weighted by Gasteiger charge is 2.46. The van der Waals surface area contributed by atoms with Gasteiger partial charge >= 0.3 is 33.3 Å². The fourth-order valence-electron chi connectivity index (χ4n) is 7.38. The Labute approximate surface area is 419 Å². The Hall–Kier alpha value is -3.58. The lowest BCUT2D eigenvalue weighted by atomic mass is 10.1. The van der Waals surface area contributed by atoms with E-state index in [-0.39, 0.29) is 30.9 Å². The number of anilines is 1. The maximum atomic E-state index is 12.9. The van der Waals surface area contributed by atoms with Crippen LogP contribution in [0.2, 0.25) is 0 Å². The minimum absolute atomic E-state index is 0.0394. The molecule has 71 heavy (non-hydrogen) atoms. The highest BCUT2D eigenvalue weighted by Crippen LogP contribution is 2.60. The maximum absolute atomic E-state index is 12.9. The molecule has 0 saturated carbocycles. The Balaban J connectivity index is 1.43. The molecule has 19 nitrogen and oxygen atoms in total. The molecule has 0 aliphatic carbocycles. The van der Waals surface area contributed by atoms with Gasteiger partial charge in [-0.15, -0.1) is 0 Å². The predicted octanol–water partition coefficient (Wildman–Crippen LogP) is 9.32. The Bertz CT molecular complexity index is 1990. The summed E-state index contributed by atoms with van der Waals surface area (Å²) in [6.07, 6.45) is 34.7. The van der Waals surface area contributed by atoms with Crippen LogP contribution in [0.3, 0.4) is 0 Å². The van der Waals surface area contributed by atoms with Crippen LogP contribution < -0.4 is 11.4 Å². The number of ether oxygens (including phenoxy) is 4. The number of nitrogens with zero attached hydrogens (tertiary/aromatic N) is 2. The Morgan fingerprint density at radius 1 is 0.690 bits per heavy atom. The second kappa shape index (κ2) is 35.6. The van der Waals surface area contributed by atoms with Crippen LogP contribution in [0.25, 0.3) is 0 Å². The van der Waals surface area contributed by atoms with Crippen molar-refractivity contribution in [1.82, 2.24) is 9.55 Å². The van der Waals surface area contributed by atoms with Crippen molar-refractivity contribution < 1.29 is 71.0 Å². The molecule has 4 unspecified atom stereocenters. The molecule has 0 radical (unpaired) electrons. The summed E-state index contributed by atoms with van der Waals surface area (Å²) in [6.45, 7) is 2.01. The first-order chi connectivity index (χ1) is 34.1. The molecule has 0 aromatic carbocycles. The van der Waals surface area contributed by atoms with Gasteiger partial charge in [-0.05, 0) is 89.5 Å². The van der Waals surface area contributed by atoms with Gasteiger partial charge in [0.2, 0.25) is 0 Å². The van der Waals surface area contributed by atoms with Crippen molar-refractivity contribution in [2.45, 2.75) is 198 Å². The van der Waals surface area contributed by atoms with Crippen LogP contribution in [0.15, 0.2) is 77.8 Å². The normalized spacial score (nSPS) is 22.5. The van der Waals surface area contributed by atoms with Gasteiger partial charge in [-0.2, -0.15) is 9.29 Å². The molecule has 3 heterocycles. The average Bonchev–Trinajstić information content (AvgIpc) is 4.02. The number of allylic oxidation sites excluding steroid dienone is 8. The monoisotopic (exact) mass is 1040 g/mol. The zero-order valence-corrected chi connectivity index (χ0v) is 43.5. The molecule has 0 bridgehead atoms. The second-order valence-electron chi connectivity index (χ2n) is 17.7. The summed E-state index contributed by atoms with van der Waals surface area (Å²) in [4.78, 5) is 62.0. The first-order valence-electron chi connectivity index (χ1n) is 25.4. The van der Waals surface area contributed by atoms with Crippen LogP contribution in [-0.2, 0) is 51.0 Å². The molecule has 9 atom stereocenters. The number of epoxide rings is 1. The van der Waals surface area contributed by atoms with Gasteiger partial charge in [0.1, 0.15) is 30.7 Å². The highest BCUT2D eigenvalue weighted by atomic mass is 31.3. The van der Waals surface area contributed by atoms with Crippen molar-refractivity contribution in [2.75, 3.05) is 25.6 Å². The highest BCUT2D eigenvalue weighted by molar-refractivity contribution is 7.61. The zero-order chi connectivity index (χ0) is 51.7. The van der Waals surface area contributed by atoms with E-state index in [0.717, 1.165) is 81.4 Å². The maximum Gasteiger partial charge on any atom is 0.481 e. The van der Waals surface area contributed by atoms with Gasteiger partial charge < -0.3 is 44.7 Å². The van der Waals surface area contributed by atoms with Gasteiger partial charge in [0.05, 0.1) is 25.4 Å². The van der Waals surface area contributed by atoms with Gasteiger partial charge in [0.25, 0.3) is 0 Å². The number of nitrogens with two attached hydrogens (primary N) is 1. The Morgan fingerprint density at radius 3 is 1.86 bits per heavy atom. The topological polar surface area (TPSA) is 278 Å². The number of rotatable bonds is 40. The van der Waals surface area contributed by atoms with E-state index in [1.54, 1.807) is 0 Å². The minimum atomic E-state index is -5.44. The average molecular weight is 1040 g/mol. The third-order valence-electron chi connectivity index (χ3n) is 11.5. The van der Waals surface area contributed by atoms with E-state index < -0.39 is 83.7 Å². The standard InChI is InChI=1S/C50H81N3O16P2/c1-3-5-7-9-11-13-14-15-16-17-18-20-22-24-29-33-45(54)63-37-40(66-46(55)34-30-26-25-28-32-42-41(67-42)31-27-23-21-19-12-10-8-6-4-2)38-64-70(59,60)69-71(61,62)65-39-43-47(56)48(57)49(68-43)53-36-35-44(51)52-50(53)58/h11-13,15-16,19,23,25,27-28,35-36,40-43,47-49,56-57H,3-10,14,17-18,20-22,24,26,29-34,37-39H2,1-2H3,(H,59,60)(H,61,62)(H2,51,52,58)/b13-11-,16-15-,19-12-,27-23-,28-25-/t40-,41?,42?,43-,47-,48-,49-/m1/s1. The first-order valence-corrected chi connectivity index (χ1v) is 28.4. The number of hydrogen-bond acceptors (Lipinski definition) is 16. The summed E-state index contributed by atoms with van der Waals surface area (Å²) in [5.74, 6) is -1.39. The van der Waals surface area contributed by atoms with Crippen LogP contribution in [0.4, 0.5) is 5.82 Å². The zero-order valence-electron chi connectivity index (χ0n) is 41.7. The van der Waals surface area contributed by atoms with Gasteiger partial charge in [0.15, 0.2) is 12.3 Å².